The number of amides is 1. The molecule has 144 valence electrons. The number of benzene rings is 2. The zero-order valence-electron chi connectivity index (χ0n) is 15.2. The van der Waals surface area contributed by atoms with E-state index in [1.165, 1.54) is 35.7 Å². The van der Waals surface area contributed by atoms with E-state index in [0.29, 0.717) is 16.9 Å². The van der Waals surface area contributed by atoms with Gasteiger partial charge < -0.3 is 9.64 Å². The Balaban J connectivity index is 1.71. The van der Waals surface area contributed by atoms with E-state index < -0.39 is 15.8 Å². The summed E-state index contributed by atoms with van der Waals surface area (Å²) in [4.78, 5) is 14.3. The van der Waals surface area contributed by atoms with Crippen molar-refractivity contribution in [3.8, 4) is 5.75 Å². The van der Waals surface area contributed by atoms with E-state index in [9.17, 15) is 17.6 Å². The van der Waals surface area contributed by atoms with E-state index in [-0.39, 0.29) is 37.0 Å². The fourth-order valence-corrected chi connectivity index (χ4v) is 4.71. The molecular formula is C19H21FN2O4S. The molecule has 0 N–H and O–H groups in total. The first-order chi connectivity index (χ1) is 12.8. The average molecular weight is 392 g/mol. The number of hydrogen-bond acceptors (Lipinski definition) is 4. The third-order valence-electron chi connectivity index (χ3n) is 4.62. The van der Waals surface area contributed by atoms with Crippen molar-refractivity contribution in [1.29, 1.82) is 0 Å². The average Bonchev–Trinajstić information content (AvgIpc) is 2.67. The molecule has 1 amide bonds. The Labute approximate surface area is 158 Å². The standard InChI is InChI=1S/C19H21FN2O4S/c1-14-13-17(26-2)7-8-18(14)27(24,25)22-11-9-21(10-12-22)19(23)15-3-5-16(20)6-4-15/h3-8,13H,9-12H2,1-2H3. The lowest BCUT2D eigenvalue weighted by atomic mass is 10.2. The van der Waals surface area contributed by atoms with Crippen LogP contribution >= 0.6 is 0 Å². The van der Waals surface area contributed by atoms with E-state index in [1.54, 1.807) is 30.0 Å². The van der Waals surface area contributed by atoms with Gasteiger partial charge in [0.15, 0.2) is 0 Å². The topological polar surface area (TPSA) is 66.9 Å². The van der Waals surface area contributed by atoms with Crippen LogP contribution in [0.1, 0.15) is 15.9 Å². The molecule has 0 atom stereocenters. The summed E-state index contributed by atoms with van der Waals surface area (Å²) in [6, 6.07) is 10.2. The molecule has 0 aromatic heterocycles. The minimum Gasteiger partial charge on any atom is -0.497 e. The Bertz CT molecular complexity index is 937. The highest BCUT2D eigenvalue weighted by molar-refractivity contribution is 7.89. The number of sulfonamides is 1. The second-order valence-electron chi connectivity index (χ2n) is 6.33. The summed E-state index contributed by atoms with van der Waals surface area (Å²) in [5.41, 5.74) is 0.998. The molecule has 0 spiro atoms. The van der Waals surface area contributed by atoms with Gasteiger partial charge in [-0.15, -0.1) is 0 Å². The zero-order chi connectivity index (χ0) is 19.6. The van der Waals surface area contributed by atoms with Crippen LogP contribution in [0.4, 0.5) is 4.39 Å². The number of piperazine rings is 1. The number of halogens is 1. The summed E-state index contributed by atoms with van der Waals surface area (Å²) in [5.74, 6) is -0.0360. The first-order valence-electron chi connectivity index (χ1n) is 8.52. The zero-order valence-corrected chi connectivity index (χ0v) is 16.0. The van der Waals surface area contributed by atoms with Crippen LogP contribution in [0.2, 0.25) is 0 Å². The molecule has 0 radical (unpaired) electrons. The van der Waals surface area contributed by atoms with E-state index in [4.69, 9.17) is 4.74 Å². The Kier molecular flexibility index (Phi) is 5.48. The second-order valence-corrected chi connectivity index (χ2v) is 8.24. The van der Waals surface area contributed by atoms with Crippen molar-refractivity contribution in [2.24, 2.45) is 0 Å². The van der Waals surface area contributed by atoms with Crippen LogP contribution in [-0.4, -0.2) is 56.8 Å². The van der Waals surface area contributed by atoms with E-state index in [2.05, 4.69) is 0 Å². The molecule has 3 rings (SSSR count). The van der Waals surface area contributed by atoms with Crippen molar-refractivity contribution < 1.29 is 22.3 Å². The third-order valence-corrected chi connectivity index (χ3v) is 6.68. The van der Waals surface area contributed by atoms with Crippen molar-refractivity contribution >= 4 is 15.9 Å². The lowest BCUT2D eigenvalue weighted by molar-refractivity contribution is 0.0698. The number of rotatable bonds is 4. The van der Waals surface area contributed by atoms with Gasteiger partial charge in [0.2, 0.25) is 10.0 Å². The summed E-state index contributed by atoms with van der Waals surface area (Å²) < 4.78 is 45.4. The SMILES string of the molecule is COc1ccc(S(=O)(=O)N2CCN(C(=O)c3ccc(F)cc3)CC2)c(C)c1. The summed E-state index contributed by atoms with van der Waals surface area (Å²) in [6.07, 6.45) is 0. The van der Waals surface area contributed by atoms with Crippen molar-refractivity contribution in [1.82, 2.24) is 9.21 Å². The summed E-state index contributed by atoms with van der Waals surface area (Å²) in [6.45, 7) is 2.71. The van der Waals surface area contributed by atoms with Gasteiger partial charge in [-0.05, 0) is 55.0 Å². The van der Waals surface area contributed by atoms with Crippen LogP contribution in [0.3, 0.4) is 0 Å². The fourth-order valence-electron chi connectivity index (χ4n) is 3.08. The molecule has 8 heteroatoms. The lowest BCUT2D eigenvalue weighted by Gasteiger charge is -2.34. The minimum absolute atomic E-state index is 0.209. The van der Waals surface area contributed by atoms with Gasteiger partial charge in [-0.1, -0.05) is 0 Å². The molecule has 0 saturated carbocycles. The van der Waals surface area contributed by atoms with Crippen LogP contribution < -0.4 is 4.74 Å². The Morgan fingerprint density at radius 2 is 1.67 bits per heavy atom. The third kappa shape index (κ3) is 3.96. The molecule has 1 fully saturated rings. The van der Waals surface area contributed by atoms with Crippen LogP contribution in [-0.2, 0) is 10.0 Å². The highest BCUT2D eigenvalue weighted by atomic mass is 32.2. The molecule has 1 saturated heterocycles. The number of carbonyl (C=O) groups is 1. The fraction of sp³-hybridized carbons (Fsp3) is 0.316. The van der Waals surface area contributed by atoms with Gasteiger partial charge >= 0.3 is 0 Å². The summed E-state index contributed by atoms with van der Waals surface area (Å²) in [5, 5.41) is 0. The van der Waals surface area contributed by atoms with E-state index >= 15 is 0 Å². The largest absolute Gasteiger partial charge is 0.497 e. The Hall–Kier alpha value is -2.45. The monoisotopic (exact) mass is 392 g/mol. The van der Waals surface area contributed by atoms with Crippen LogP contribution in [0.5, 0.6) is 5.75 Å². The van der Waals surface area contributed by atoms with Crippen LogP contribution in [0.15, 0.2) is 47.4 Å². The minimum atomic E-state index is -3.65. The number of methoxy groups -OCH3 is 1. The van der Waals surface area contributed by atoms with Crippen molar-refractivity contribution in [2.45, 2.75) is 11.8 Å². The number of hydrogen-bond donors (Lipinski definition) is 0. The van der Waals surface area contributed by atoms with Gasteiger partial charge in [0, 0.05) is 31.7 Å². The highest BCUT2D eigenvalue weighted by Gasteiger charge is 2.31. The number of nitrogens with zero attached hydrogens (tertiary/aromatic N) is 2. The molecule has 0 aliphatic carbocycles. The molecular weight excluding hydrogens is 371 g/mol. The van der Waals surface area contributed by atoms with Crippen molar-refractivity contribution in [2.75, 3.05) is 33.3 Å². The molecule has 1 aliphatic heterocycles. The van der Waals surface area contributed by atoms with Crippen LogP contribution in [0, 0.1) is 12.7 Å². The maximum Gasteiger partial charge on any atom is 0.253 e. The number of ether oxygens (including phenoxy) is 1. The van der Waals surface area contributed by atoms with Gasteiger partial charge in [-0.2, -0.15) is 4.31 Å². The van der Waals surface area contributed by atoms with Gasteiger partial charge in [0.05, 0.1) is 12.0 Å². The number of carbonyl (C=O) groups excluding carboxylic acids is 1. The number of aryl methyl sites for hydroxylation is 1. The van der Waals surface area contributed by atoms with Gasteiger partial charge in [-0.3, -0.25) is 4.79 Å². The molecule has 0 unspecified atom stereocenters. The van der Waals surface area contributed by atoms with Crippen LogP contribution in [0.25, 0.3) is 0 Å². The Morgan fingerprint density at radius 3 is 2.22 bits per heavy atom. The first-order valence-corrected chi connectivity index (χ1v) is 9.96. The smallest absolute Gasteiger partial charge is 0.253 e. The lowest BCUT2D eigenvalue weighted by Crippen LogP contribution is -2.50. The molecule has 2 aromatic rings. The highest BCUT2D eigenvalue weighted by Crippen LogP contribution is 2.25. The normalized spacial score (nSPS) is 15.6. The maximum atomic E-state index is 13.0. The quantitative estimate of drug-likeness (QED) is 0.801. The summed E-state index contributed by atoms with van der Waals surface area (Å²) in [7, 11) is -2.12. The summed E-state index contributed by atoms with van der Waals surface area (Å²) >= 11 is 0. The predicted molar refractivity (Wildman–Crippen MR) is 98.8 cm³/mol. The predicted octanol–water partition coefficient (Wildman–Crippen LogP) is 2.29. The van der Waals surface area contributed by atoms with Crippen molar-refractivity contribution in [3.05, 3.63) is 59.4 Å². The molecule has 0 bridgehead atoms. The van der Waals surface area contributed by atoms with E-state index in [0.717, 1.165) is 0 Å². The second kappa shape index (κ2) is 7.66. The molecule has 2 aromatic carbocycles. The van der Waals surface area contributed by atoms with Crippen molar-refractivity contribution in [3.63, 3.8) is 0 Å². The molecule has 1 heterocycles. The first kappa shape index (κ1) is 19.3. The van der Waals surface area contributed by atoms with Gasteiger partial charge in [0.25, 0.3) is 5.91 Å². The molecule has 1 aliphatic rings. The molecule has 6 nitrogen and oxygen atoms in total. The molecule has 27 heavy (non-hydrogen) atoms. The maximum absolute atomic E-state index is 13.0. The van der Waals surface area contributed by atoms with E-state index in [1.807, 2.05) is 0 Å². The van der Waals surface area contributed by atoms with Gasteiger partial charge in [-0.25, -0.2) is 12.8 Å². The Morgan fingerprint density at radius 1 is 1.04 bits per heavy atom. The van der Waals surface area contributed by atoms with Gasteiger partial charge in [0.1, 0.15) is 11.6 Å².